The topological polar surface area (TPSA) is 76.6 Å². The molecule has 0 bridgehead atoms. The highest BCUT2D eigenvalue weighted by molar-refractivity contribution is 5.89. The van der Waals surface area contributed by atoms with Crippen molar-refractivity contribution in [1.82, 2.24) is 14.9 Å². The molecule has 0 unspecified atom stereocenters. The van der Waals surface area contributed by atoms with Crippen molar-refractivity contribution in [2.45, 2.75) is 25.1 Å². The molecule has 150 valence electrons. The number of carbonyl (C=O) groups is 1. The van der Waals surface area contributed by atoms with Gasteiger partial charge in [0, 0.05) is 43.9 Å². The van der Waals surface area contributed by atoms with Crippen LogP contribution in [-0.2, 0) is 6.18 Å². The molecule has 10 heteroatoms. The summed E-state index contributed by atoms with van der Waals surface area (Å²) in [6.45, 7) is 0.829. The number of nitrogens with zero attached hydrogens (tertiary/aromatic N) is 3. The molecule has 1 saturated heterocycles. The van der Waals surface area contributed by atoms with E-state index in [1.807, 2.05) is 0 Å². The number of rotatable bonds is 4. The fraction of sp³-hybridized carbons (Fsp3) is 0.389. The lowest BCUT2D eigenvalue weighted by atomic mass is 10.1. The first-order chi connectivity index (χ1) is 13.3. The van der Waals surface area contributed by atoms with Gasteiger partial charge in [0.1, 0.15) is 6.10 Å². The number of aromatic nitrogens is 2. The number of methoxy groups -OCH3 is 1. The molecule has 2 aromatic rings. The summed E-state index contributed by atoms with van der Waals surface area (Å²) in [7, 11) is 1.46. The summed E-state index contributed by atoms with van der Waals surface area (Å²) >= 11 is 0. The number of hydrogen-bond donors (Lipinski definition) is 1. The van der Waals surface area contributed by atoms with E-state index in [0.717, 1.165) is 12.1 Å². The van der Waals surface area contributed by atoms with Crippen LogP contribution in [-0.4, -0.2) is 47.2 Å². The number of halogens is 3. The van der Waals surface area contributed by atoms with E-state index in [9.17, 15) is 18.0 Å². The zero-order chi connectivity index (χ0) is 20.1. The molecule has 2 heterocycles. The molecule has 0 radical (unpaired) electrons. The zero-order valence-corrected chi connectivity index (χ0v) is 15.1. The van der Waals surface area contributed by atoms with E-state index in [1.165, 1.54) is 25.4 Å². The van der Waals surface area contributed by atoms with Crippen LogP contribution in [0.3, 0.4) is 0 Å². The molecule has 1 fully saturated rings. The lowest BCUT2D eigenvalue weighted by Crippen LogP contribution is -2.43. The molecule has 1 N–H and O–H groups in total. The van der Waals surface area contributed by atoms with Gasteiger partial charge in [-0.15, -0.1) is 0 Å². The SMILES string of the molecule is COc1nccc(OC2CCN(C(=O)Nc3cccc(C(F)(F)F)c3)CC2)n1. The second-order valence-corrected chi connectivity index (χ2v) is 6.19. The number of alkyl halides is 3. The number of hydrogen-bond acceptors (Lipinski definition) is 5. The van der Waals surface area contributed by atoms with Gasteiger partial charge in [-0.1, -0.05) is 6.07 Å². The monoisotopic (exact) mass is 396 g/mol. The van der Waals surface area contributed by atoms with Gasteiger partial charge in [0.25, 0.3) is 0 Å². The van der Waals surface area contributed by atoms with E-state index in [-0.39, 0.29) is 17.8 Å². The van der Waals surface area contributed by atoms with Gasteiger partial charge in [0.15, 0.2) is 0 Å². The fourth-order valence-electron chi connectivity index (χ4n) is 2.81. The van der Waals surface area contributed by atoms with Crippen molar-refractivity contribution in [3.63, 3.8) is 0 Å². The summed E-state index contributed by atoms with van der Waals surface area (Å²) in [5.41, 5.74) is -0.705. The summed E-state index contributed by atoms with van der Waals surface area (Å²) in [4.78, 5) is 21.9. The summed E-state index contributed by atoms with van der Waals surface area (Å²) in [5.74, 6) is 0.388. The number of amides is 2. The van der Waals surface area contributed by atoms with Gasteiger partial charge in [0.2, 0.25) is 5.88 Å². The third-order valence-corrected chi connectivity index (χ3v) is 4.25. The van der Waals surface area contributed by atoms with Crippen LogP contribution in [0.4, 0.5) is 23.7 Å². The standard InChI is InChI=1S/C18H19F3N4O3/c1-27-16-22-8-5-15(24-16)28-14-6-9-25(10-7-14)17(26)23-13-4-2-3-12(11-13)18(19,20)21/h2-5,8,11,14H,6-7,9-10H2,1H3,(H,23,26). The summed E-state index contributed by atoms with van der Waals surface area (Å²) in [6.07, 6.45) is -1.92. The van der Waals surface area contributed by atoms with E-state index in [1.54, 1.807) is 11.0 Å². The Morgan fingerprint density at radius 1 is 1.25 bits per heavy atom. The third kappa shape index (κ3) is 5.02. The maximum atomic E-state index is 12.8. The second kappa shape index (κ2) is 8.32. The minimum absolute atomic E-state index is 0.103. The first-order valence-electron chi connectivity index (χ1n) is 8.62. The van der Waals surface area contributed by atoms with Crippen LogP contribution < -0.4 is 14.8 Å². The van der Waals surface area contributed by atoms with Crippen LogP contribution in [0, 0.1) is 0 Å². The Morgan fingerprint density at radius 2 is 2.00 bits per heavy atom. The van der Waals surface area contributed by atoms with E-state index >= 15 is 0 Å². The molecular weight excluding hydrogens is 377 g/mol. The maximum absolute atomic E-state index is 12.8. The van der Waals surface area contributed by atoms with Gasteiger partial charge >= 0.3 is 18.2 Å². The van der Waals surface area contributed by atoms with Crippen molar-refractivity contribution in [2.75, 3.05) is 25.5 Å². The van der Waals surface area contributed by atoms with Crippen molar-refractivity contribution in [3.05, 3.63) is 42.1 Å². The normalized spacial score (nSPS) is 15.2. The number of anilines is 1. The Balaban J connectivity index is 1.52. The van der Waals surface area contributed by atoms with Gasteiger partial charge in [-0.2, -0.15) is 18.2 Å². The van der Waals surface area contributed by atoms with Gasteiger partial charge in [0.05, 0.1) is 12.7 Å². The van der Waals surface area contributed by atoms with E-state index in [4.69, 9.17) is 9.47 Å². The Bertz CT molecular complexity index is 824. The van der Waals surface area contributed by atoms with Gasteiger partial charge < -0.3 is 19.7 Å². The highest BCUT2D eigenvalue weighted by Gasteiger charge is 2.31. The predicted molar refractivity (Wildman–Crippen MR) is 94.3 cm³/mol. The van der Waals surface area contributed by atoms with Crippen molar-refractivity contribution >= 4 is 11.7 Å². The predicted octanol–water partition coefficient (Wildman–Crippen LogP) is 3.58. The number of likely N-dealkylation sites (tertiary alicyclic amines) is 1. The van der Waals surface area contributed by atoms with E-state index in [0.29, 0.717) is 31.8 Å². The van der Waals surface area contributed by atoms with Crippen LogP contribution in [0.15, 0.2) is 36.5 Å². The van der Waals surface area contributed by atoms with Crippen LogP contribution in [0.2, 0.25) is 0 Å². The largest absolute Gasteiger partial charge is 0.474 e. The molecule has 3 rings (SSSR count). The molecule has 1 aromatic carbocycles. The van der Waals surface area contributed by atoms with Gasteiger partial charge in [-0.3, -0.25) is 0 Å². The quantitative estimate of drug-likeness (QED) is 0.855. The molecule has 2 amide bonds. The number of piperidine rings is 1. The molecule has 0 saturated carbocycles. The smallest absolute Gasteiger partial charge is 0.416 e. The van der Waals surface area contributed by atoms with Crippen LogP contribution in [0.1, 0.15) is 18.4 Å². The van der Waals surface area contributed by atoms with Crippen LogP contribution in [0.5, 0.6) is 11.9 Å². The van der Waals surface area contributed by atoms with Crippen molar-refractivity contribution in [1.29, 1.82) is 0 Å². The van der Waals surface area contributed by atoms with Crippen molar-refractivity contribution < 1.29 is 27.4 Å². The Labute approximate surface area is 159 Å². The van der Waals surface area contributed by atoms with Crippen molar-refractivity contribution in [3.8, 4) is 11.9 Å². The molecular formula is C18H19F3N4O3. The molecule has 7 nitrogen and oxygen atoms in total. The van der Waals surface area contributed by atoms with E-state index in [2.05, 4.69) is 15.3 Å². The van der Waals surface area contributed by atoms with E-state index < -0.39 is 17.8 Å². The number of carbonyl (C=O) groups excluding carboxylic acids is 1. The Kier molecular flexibility index (Phi) is 5.86. The lowest BCUT2D eigenvalue weighted by Gasteiger charge is -2.32. The number of ether oxygens (including phenoxy) is 2. The molecule has 0 aliphatic carbocycles. The Hall–Kier alpha value is -3.04. The highest BCUT2D eigenvalue weighted by atomic mass is 19.4. The molecule has 0 atom stereocenters. The zero-order valence-electron chi connectivity index (χ0n) is 15.1. The molecule has 1 aliphatic rings. The highest BCUT2D eigenvalue weighted by Crippen LogP contribution is 2.30. The van der Waals surface area contributed by atoms with Crippen molar-refractivity contribution in [2.24, 2.45) is 0 Å². The lowest BCUT2D eigenvalue weighted by molar-refractivity contribution is -0.137. The molecule has 0 spiro atoms. The van der Waals surface area contributed by atoms with Gasteiger partial charge in [-0.05, 0) is 18.2 Å². The summed E-state index contributed by atoms with van der Waals surface area (Å²) in [5, 5.41) is 2.51. The first kappa shape index (κ1) is 19.7. The number of nitrogens with one attached hydrogen (secondary N) is 1. The fourth-order valence-corrected chi connectivity index (χ4v) is 2.81. The second-order valence-electron chi connectivity index (χ2n) is 6.19. The minimum atomic E-state index is -4.46. The first-order valence-corrected chi connectivity index (χ1v) is 8.62. The Morgan fingerprint density at radius 3 is 2.68 bits per heavy atom. The molecule has 28 heavy (non-hydrogen) atoms. The number of urea groups is 1. The average Bonchev–Trinajstić information content (AvgIpc) is 2.68. The maximum Gasteiger partial charge on any atom is 0.416 e. The van der Waals surface area contributed by atoms with Crippen LogP contribution >= 0.6 is 0 Å². The summed E-state index contributed by atoms with van der Waals surface area (Å²) in [6, 6.07) is 5.93. The van der Waals surface area contributed by atoms with Gasteiger partial charge in [-0.25, -0.2) is 9.78 Å². The minimum Gasteiger partial charge on any atom is -0.474 e. The molecule has 1 aliphatic heterocycles. The number of benzene rings is 1. The van der Waals surface area contributed by atoms with Crippen LogP contribution in [0.25, 0.3) is 0 Å². The average molecular weight is 396 g/mol. The summed E-state index contributed by atoms with van der Waals surface area (Å²) < 4.78 is 49.1. The molecule has 1 aromatic heterocycles. The third-order valence-electron chi connectivity index (χ3n) is 4.25.